The van der Waals surface area contributed by atoms with Crippen molar-refractivity contribution in [3.63, 3.8) is 0 Å². The molecule has 1 aliphatic rings. The van der Waals surface area contributed by atoms with Crippen molar-refractivity contribution in [2.75, 3.05) is 29.4 Å². The number of nitrogens with zero attached hydrogens (tertiary/aromatic N) is 2. The zero-order valence-corrected chi connectivity index (χ0v) is 10.7. The number of rotatable bonds is 3. The molecule has 0 saturated carbocycles. The van der Waals surface area contributed by atoms with E-state index in [2.05, 4.69) is 46.2 Å². The summed E-state index contributed by atoms with van der Waals surface area (Å²) in [4.78, 5) is 15.2. The average molecular weight is 252 g/mol. The molecule has 2 aromatic carbocycles. The van der Waals surface area contributed by atoms with Crippen molar-refractivity contribution in [2.45, 2.75) is 0 Å². The van der Waals surface area contributed by atoms with Crippen molar-refractivity contribution in [3.05, 3.63) is 54.6 Å². The van der Waals surface area contributed by atoms with Gasteiger partial charge in [-0.3, -0.25) is 0 Å². The summed E-state index contributed by atoms with van der Waals surface area (Å²) in [6.45, 7) is 2.22. The Balaban J connectivity index is 2.01. The minimum Gasteiger partial charge on any atom is -0.361 e. The third-order valence-electron chi connectivity index (χ3n) is 3.47. The van der Waals surface area contributed by atoms with Gasteiger partial charge in [-0.1, -0.05) is 30.3 Å². The molecule has 1 heterocycles. The number of para-hydroxylation sites is 3. The largest absolute Gasteiger partial charge is 0.361 e. The molecule has 0 fully saturated rings. The molecule has 0 atom stereocenters. The molecular formula is C16H16N2O. The first-order valence-corrected chi connectivity index (χ1v) is 6.50. The number of carbonyl (C=O) groups excluding carboxylic acids is 1. The number of carbonyl (C=O) groups is 1. The van der Waals surface area contributed by atoms with Gasteiger partial charge in [-0.05, 0) is 24.3 Å². The molecular weight excluding hydrogens is 236 g/mol. The lowest BCUT2D eigenvalue weighted by Crippen LogP contribution is -2.39. The molecule has 0 aliphatic carbocycles. The Morgan fingerprint density at radius 1 is 0.895 bits per heavy atom. The maximum atomic E-state index is 10.8. The molecule has 0 bridgehead atoms. The Morgan fingerprint density at radius 3 is 2.32 bits per heavy atom. The van der Waals surface area contributed by atoms with E-state index < -0.39 is 0 Å². The molecule has 0 saturated heterocycles. The predicted octanol–water partition coefficient (Wildman–Crippen LogP) is 2.84. The average Bonchev–Trinajstić information content (AvgIpc) is 2.49. The van der Waals surface area contributed by atoms with Crippen molar-refractivity contribution < 1.29 is 4.79 Å². The summed E-state index contributed by atoms with van der Waals surface area (Å²) in [5, 5.41) is 0. The molecule has 0 aromatic heterocycles. The van der Waals surface area contributed by atoms with Gasteiger partial charge in [-0.2, -0.15) is 0 Å². The van der Waals surface area contributed by atoms with Crippen LogP contribution in [-0.2, 0) is 4.79 Å². The van der Waals surface area contributed by atoms with Gasteiger partial charge in [0.2, 0.25) is 0 Å². The molecule has 0 unspecified atom stereocenters. The smallest absolute Gasteiger partial charge is 0.139 e. The van der Waals surface area contributed by atoms with Gasteiger partial charge >= 0.3 is 0 Å². The van der Waals surface area contributed by atoms with Crippen LogP contribution >= 0.6 is 0 Å². The van der Waals surface area contributed by atoms with Gasteiger partial charge in [-0.25, -0.2) is 0 Å². The number of hydrogen-bond acceptors (Lipinski definition) is 3. The van der Waals surface area contributed by atoms with Gasteiger partial charge in [0.15, 0.2) is 0 Å². The molecule has 96 valence electrons. The van der Waals surface area contributed by atoms with Crippen molar-refractivity contribution in [1.82, 2.24) is 0 Å². The first kappa shape index (κ1) is 11.8. The van der Waals surface area contributed by atoms with Crippen LogP contribution in [0.25, 0.3) is 0 Å². The number of hydrogen-bond donors (Lipinski definition) is 0. The highest BCUT2D eigenvalue weighted by Crippen LogP contribution is 2.36. The van der Waals surface area contributed by atoms with Crippen LogP contribution in [0.3, 0.4) is 0 Å². The summed E-state index contributed by atoms with van der Waals surface area (Å²) in [6.07, 6.45) is 0.967. The Labute approximate surface area is 113 Å². The highest BCUT2D eigenvalue weighted by molar-refractivity contribution is 5.81. The van der Waals surface area contributed by atoms with Crippen LogP contribution in [0.5, 0.6) is 0 Å². The second-order valence-corrected chi connectivity index (χ2v) is 4.59. The van der Waals surface area contributed by atoms with Gasteiger partial charge in [-0.15, -0.1) is 0 Å². The third-order valence-corrected chi connectivity index (χ3v) is 3.47. The Kier molecular flexibility index (Phi) is 3.19. The first-order valence-electron chi connectivity index (χ1n) is 6.50. The lowest BCUT2D eigenvalue weighted by molar-refractivity contribution is -0.106. The SMILES string of the molecule is O=CCN1CCN(c2ccccc2)c2ccccc21. The molecule has 3 nitrogen and oxygen atoms in total. The molecule has 0 radical (unpaired) electrons. The van der Waals surface area contributed by atoms with Crippen LogP contribution < -0.4 is 9.80 Å². The van der Waals surface area contributed by atoms with Crippen LogP contribution in [0.15, 0.2) is 54.6 Å². The van der Waals surface area contributed by atoms with E-state index in [1.807, 2.05) is 18.2 Å². The minimum absolute atomic E-state index is 0.458. The summed E-state index contributed by atoms with van der Waals surface area (Å²) in [5.74, 6) is 0. The second-order valence-electron chi connectivity index (χ2n) is 4.59. The first-order chi connectivity index (χ1) is 9.40. The van der Waals surface area contributed by atoms with Crippen LogP contribution in [0, 0.1) is 0 Å². The summed E-state index contributed by atoms with van der Waals surface area (Å²) >= 11 is 0. The Bertz CT molecular complexity index is 568. The van der Waals surface area contributed by atoms with Crippen molar-refractivity contribution in [3.8, 4) is 0 Å². The van der Waals surface area contributed by atoms with E-state index >= 15 is 0 Å². The van der Waals surface area contributed by atoms with E-state index in [0.717, 1.165) is 25.1 Å². The fourth-order valence-corrected chi connectivity index (χ4v) is 2.58. The Morgan fingerprint density at radius 2 is 1.58 bits per heavy atom. The van der Waals surface area contributed by atoms with Crippen molar-refractivity contribution >= 4 is 23.3 Å². The number of benzene rings is 2. The second kappa shape index (κ2) is 5.14. The quantitative estimate of drug-likeness (QED) is 0.785. The van der Waals surface area contributed by atoms with Gasteiger partial charge in [0.05, 0.1) is 17.9 Å². The zero-order valence-electron chi connectivity index (χ0n) is 10.7. The predicted molar refractivity (Wildman–Crippen MR) is 78.2 cm³/mol. The highest BCUT2D eigenvalue weighted by atomic mass is 16.1. The molecule has 2 aromatic rings. The van der Waals surface area contributed by atoms with Gasteiger partial charge in [0, 0.05) is 18.8 Å². The van der Waals surface area contributed by atoms with E-state index in [4.69, 9.17) is 0 Å². The Hall–Kier alpha value is -2.29. The fraction of sp³-hybridized carbons (Fsp3) is 0.188. The van der Waals surface area contributed by atoms with E-state index in [9.17, 15) is 4.79 Å². The molecule has 1 aliphatic heterocycles. The van der Waals surface area contributed by atoms with Crippen molar-refractivity contribution in [2.24, 2.45) is 0 Å². The van der Waals surface area contributed by atoms with Crippen LogP contribution in [0.1, 0.15) is 0 Å². The summed E-state index contributed by atoms with van der Waals surface area (Å²) in [5.41, 5.74) is 3.49. The standard InChI is InChI=1S/C16H16N2O/c19-13-12-17-10-11-18(14-6-2-1-3-7-14)16-9-5-4-8-15(16)17/h1-9,13H,10-12H2. The molecule has 19 heavy (non-hydrogen) atoms. The van der Waals surface area contributed by atoms with Crippen LogP contribution in [-0.4, -0.2) is 25.9 Å². The molecule has 0 spiro atoms. The van der Waals surface area contributed by atoms with E-state index in [0.29, 0.717) is 6.54 Å². The fourth-order valence-electron chi connectivity index (χ4n) is 2.58. The number of anilines is 3. The summed E-state index contributed by atoms with van der Waals surface area (Å²) in [6, 6.07) is 18.6. The van der Waals surface area contributed by atoms with Crippen LogP contribution in [0.4, 0.5) is 17.1 Å². The minimum atomic E-state index is 0.458. The monoisotopic (exact) mass is 252 g/mol. The van der Waals surface area contributed by atoms with Gasteiger partial charge in [0.25, 0.3) is 0 Å². The van der Waals surface area contributed by atoms with Crippen molar-refractivity contribution in [1.29, 1.82) is 0 Å². The molecule has 0 amide bonds. The van der Waals surface area contributed by atoms with E-state index in [1.165, 1.54) is 11.4 Å². The third kappa shape index (κ3) is 2.19. The van der Waals surface area contributed by atoms with E-state index in [-0.39, 0.29) is 0 Å². The number of aldehydes is 1. The lowest BCUT2D eigenvalue weighted by atomic mass is 10.1. The summed E-state index contributed by atoms with van der Waals surface area (Å²) in [7, 11) is 0. The van der Waals surface area contributed by atoms with Gasteiger partial charge in [0.1, 0.15) is 6.29 Å². The maximum Gasteiger partial charge on any atom is 0.139 e. The zero-order chi connectivity index (χ0) is 13.1. The molecule has 3 heteroatoms. The summed E-state index contributed by atoms with van der Waals surface area (Å²) < 4.78 is 0. The normalized spacial score (nSPS) is 14.1. The maximum absolute atomic E-state index is 10.8. The van der Waals surface area contributed by atoms with Crippen LogP contribution in [0.2, 0.25) is 0 Å². The molecule has 3 rings (SSSR count). The highest BCUT2D eigenvalue weighted by Gasteiger charge is 2.22. The lowest BCUT2D eigenvalue weighted by Gasteiger charge is -2.38. The topological polar surface area (TPSA) is 23.6 Å². The number of fused-ring (bicyclic) bond motifs is 1. The molecule has 0 N–H and O–H groups in total. The van der Waals surface area contributed by atoms with Gasteiger partial charge < -0.3 is 14.6 Å². The van der Waals surface area contributed by atoms with E-state index in [1.54, 1.807) is 0 Å².